The topological polar surface area (TPSA) is 52.1 Å². The van der Waals surface area contributed by atoms with Gasteiger partial charge in [0, 0.05) is 59.5 Å². The van der Waals surface area contributed by atoms with E-state index in [-0.39, 0.29) is 24.0 Å². The first kappa shape index (κ1) is 25.9. The van der Waals surface area contributed by atoms with Crippen LogP contribution in [0.1, 0.15) is 34.1 Å². The quantitative estimate of drug-likeness (QED) is 0.204. The summed E-state index contributed by atoms with van der Waals surface area (Å²) in [5.41, 5.74) is 0. The molecule has 1 fully saturated rings. The van der Waals surface area contributed by atoms with E-state index in [1.54, 1.807) is 0 Å². The third kappa shape index (κ3) is 12.3. The number of likely N-dealkylation sites (N-methyl/N-ethyl adjacent to an activating group) is 1. The lowest BCUT2D eigenvalue weighted by Gasteiger charge is -2.35. The van der Waals surface area contributed by atoms with Crippen molar-refractivity contribution in [3.8, 4) is 0 Å². The number of nitrogens with one attached hydrogen (secondary N) is 2. The van der Waals surface area contributed by atoms with E-state index in [2.05, 4.69) is 53.1 Å². The Labute approximate surface area is 178 Å². The Morgan fingerprint density at radius 3 is 2.27 bits per heavy atom. The average molecular weight is 483 g/mol. The van der Waals surface area contributed by atoms with Gasteiger partial charge in [0.1, 0.15) is 0 Å². The summed E-state index contributed by atoms with van der Waals surface area (Å²) in [4.78, 5) is 9.40. The minimum Gasteiger partial charge on any atom is -0.380 e. The van der Waals surface area contributed by atoms with Crippen molar-refractivity contribution in [2.24, 2.45) is 16.8 Å². The fourth-order valence-electron chi connectivity index (χ4n) is 2.95. The number of rotatable bonds is 11. The van der Waals surface area contributed by atoms with Crippen LogP contribution in [0.2, 0.25) is 0 Å². The fraction of sp³-hybridized carbons (Fsp3) is 0.947. The van der Waals surface area contributed by atoms with Crippen LogP contribution in [0.15, 0.2) is 4.99 Å². The highest BCUT2D eigenvalue weighted by atomic mass is 127. The second kappa shape index (κ2) is 15.9. The average Bonchev–Trinajstić information content (AvgIpc) is 2.60. The lowest BCUT2D eigenvalue weighted by Crippen LogP contribution is -2.48. The van der Waals surface area contributed by atoms with Crippen molar-refractivity contribution in [1.82, 2.24) is 20.4 Å². The van der Waals surface area contributed by atoms with Crippen molar-refractivity contribution in [1.29, 1.82) is 0 Å². The summed E-state index contributed by atoms with van der Waals surface area (Å²) in [7, 11) is 1.82. The first-order valence-corrected chi connectivity index (χ1v) is 10.0. The number of aliphatic imine (C=N–C) groups is 1. The second-order valence-electron chi connectivity index (χ2n) is 7.51. The van der Waals surface area contributed by atoms with Crippen molar-refractivity contribution in [2.45, 2.75) is 34.1 Å². The highest BCUT2D eigenvalue weighted by Crippen LogP contribution is 2.05. The van der Waals surface area contributed by atoms with Crippen molar-refractivity contribution >= 4 is 29.9 Å². The SMILES string of the molecule is CCN1CCN(CC(C)CNC(=NC)NCCOCCC(C)C)CC1.I. The molecule has 0 saturated carbocycles. The van der Waals surface area contributed by atoms with Gasteiger partial charge >= 0.3 is 0 Å². The van der Waals surface area contributed by atoms with Gasteiger partial charge in [-0.25, -0.2) is 0 Å². The summed E-state index contributed by atoms with van der Waals surface area (Å²) in [5, 5.41) is 6.76. The van der Waals surface area contributed by atoms with Gasteiger partial charge in [0.15, 0.2) is 5.96 Å². The zero-order valence-electron chi connectivity index (χ0n) is 17.6. The molecular formula is C19H42IN5O. The summed E-state index contributed by atoms with van der Waals surface area (Å²) in [6.07, 6.45) is 1.12. The molecule has 1 aliphatic heterocycles. The normalized spacial score (nSPS) is 17.8. The van der Waals surface area contributed by atoms with Gasteiger partial charge in [-0.3, -0.25) is 4.99 Å². The van der Waals surface area contributed by atoms with E-state index in [0.29, 0.717) is 11.8 Å². The molecule has 1 heterocycles. The lowest BCUT2D eigenvalue weighted by molar-refractivity contribution is 0.124. The number of piperazine rings is 1. The van der Waals surface area contributed by atoms with E-state index >= 15 is 0 Å². The van der Waals surface area contributed by atoms with Crippen molar-refractivity contribution in [2.75, 3.05) is 72.6 Å². The fourth-order valence-corrected chi connectivity index (χ4v) is 2.95. The van der Waals surface area contributed by atoms with Crippen LogP contribution in [0.4, 0.5) is 0 Å². The summed E-state index contributed by atoms with van der Waals surface area (Å²) < 4.78 is 5.63. The largest absolute Gasteiger partial charge is 0.380 e. The molecule has 1 rings (SSSR count). The minimum atomic E-state index is 0. The zero-order valence-corrected chi connectivity index (χ0v) is 19.9. The van der Waals surface area contributed by atoms with Gasteiger partial charge in [-0.1, -0.05) is 27.7 Å². The number of halogens is 1. The Morgan fingerprint density at radius 1 is 1.04 bits per heavy atom. The molecule has 0 radical (unpaired) electrons. The van der Waals surface area contributed by atoms with Crippen LogP contribution in [-0.4, -0.2) is 88.4 Å². The van der Waals surface area contributed by atoms with Crippen LogP contribution in [0, 0.1) is 11.8 Å². The molecular weight excluding hydrogens is 441 g/mol. The molecule has 7 heteroatoms. The Balaban J connectivity index is 0.00000625. The van der Waals surface area contributed by atoms with Crippen molar-refractivity contribution < 1.29 is 4.74 Å². The number of ether oxygens (including phenoxy) is 1. The van der Waals surface area contributed by atoms with Crippen LogP contribution in [0.25, 0.3) is 0 Å². The standard InChI is InChI=1S/C19H41N5O.HI/c1-6-23-9-11-24(12-10-23)16-18(4)15-22-19(20-5)21-8-14-25-13-7-17(2)3;/h17-18H,6-16H2,1-5H3,(H2,20,21,22);1H. The number of hydrogen-bond donors (Lipinski definition) is 2. The molecule has 1 atom stereocenters. The van der Waals surface area contributed by atoms with Gasteiger partial charge in [-0.15, -0.1) is 24.0 Å². The maximum atomic E-state index is 5.63. The van der Waals surface area contributed by atoms with E-state index in [4.69, 9.17) is 4.74 Å². The van der Waals surface area contributed by atoms with E-state index in [1.807, 2.05) is 7.05 Å². The molecule has 0 amide bonds. The van der Waals surface area contributed by atoms with Gasteiger partial charge in [0.25, 0.3) is 0 Å². The highest BCUT2D eigenvalue weighted by molar-refractivity contribution is 14.0. The van der Waals surface area contributed by atoms with Crippen LogP contribution in [0.3, 0.4) is 0 Å². The Kier molecular flexibility index (Phi) is 15.8. The smallest absolute Gasteiger partial charge is 0.191 e. The molecule has 1 aliphatic rings. The summed E-state index contributed by atoms with van der Waals surface area (Å²) in [5.74, 6) is 2.18. The molecule has 0 aromatic rings. The predicted molar refractivity (Wildman–Crippen MR) is 123 cm³/mol. The molecule has 0 aromatic heterocycles. The van der Waals surface area contributed by atoms with Crippen molar-refractivity contribution in [3.63, 3.8) is 0 Å². The van der Waals surface area contributed by atoms with Crippen LogP contribution in [0.5, 0.6) is 0 Å². The zero-order chi connectivity index (χ0) is 18.5. The Morgan fingerprint density at radius 2 is 1.69 bits per heavy atom. The summed E-state index contributed by atoms with van der Waals surface area (Å²) in [6.45, 7) is 19.4. The molecule has 0 bridgehead atoms. The van der Waals surface area contributed by atoms with Gasteiger partial charge in [-0.05, 0) is 24.8 Å². The van der Waals surface area contributed by atoms with Crippen LogP contribution >= 0.6 is 24.0 Å². The minimum absolute atomic E-state index is 0. The Hall–Kier alpha value is -0.120. The molecule has 0 aliphatic carbocycles. The predicted octanol–water partition coefficient (Wildman–Crippen LogP) is 2.11. The molecule has 2 N–H and O–H groups in total. The van der Waals surface area contributed by atoms with Gasteiger partial charge in [-0.2, -0.15) is 0 Å². The van der Waals surface area contributed by atoms with Crippen molar-refractivity contribution in [3.05, 3.63) is 0 Å². The van der Waals surface area contributed by atoms with Gasteiger partial charge < -0.3 is 25.2 Å². The monoisotopic (exact) mass is 483 g/mol. The van der Waals surface area contributed by atoms with Gasteiger partial charge in [0.05, 0.1) is 6.61 Å². The number of guanidine groups is 1. The Bertz CT molecular complexity index is 360. The summed E-state index contributed by atoms with van der Waals surface area (Å²) >= 11 is 0. The van der Waals surface area contributed by atoms with E-state index in [0.717, 1.165) is 45.2 Å². The molecule has 26 heavy (non-hydrogen) atoms. The first-order chi connectivity index (χ1) is 12.0. The number of hydrogen-bond acceptors (Lipinski definition) is 4. The second-order valence-corrected chi connectivity index (χ2v) is 7.51. The molecule has 0 aromatic carbocycles. The van der Waals surface area contributed by atoms with Crippen LogP contribution < -0.4 is 10.6 Å². The highest BCUT2D eigenvalue weighted by Gasteiger charge is 2.17. The molecule has 156 valence electrons. The van der Waals surface area contributed by atoms with E-state index < -0.39 is 0 Å². The first-order valence-electron chi connectivity index (χ1n) is 10.0. The number of nitrogens with zero attached hydrogens (tertiary/aromatic N) is 3. The lowest BCUT2D eigenvalue weighted by atomic mass is 10.1. The maximum Gasteiger partial charge on any atom is 0.191 e. The molecule has 6 nitrogen and oxygen atoms in total. The third-order valence-electron chi connectivity index (χ3n) is 4.70. The maximum absolute atomic E-state index is 5.63. The van der Waals surface area contributed by atoms with Crippen LogP contribution in [-0.2, 0) is 4.74 Å². The van der Waals surface area contributed by atoms with Gasteiger partial charge in [0.2, 0.25) is 0 Å². The van der Waals surface area contributed by atoms with E-state index in [9.17, 15) is 0 Å². The molecule has 1 unspecified atom stereocenters. The molecule has 1 saturated heterocycles. The third-order valence-corrected chi connectivity index (χ3v) is 4.70. The summed E-state index contributed by atoms with van der Waals surface area (Å²) in [6, 6.07) is 0. The van der Waals surface area contributed by atoms with E-state index in [1.165, 1.54) is 32.7 Å². The molecule has 0 spiro atoms.